The van der Waals surface area contributed by atoms with E-state index in [9.17, 15) is 9.59 Å². The van der Waals surface area contributed by atoms with Gasteiger partial charge in [0.1, 0.15) is 0 Å². The molecule has 0 fully saturated rings. The first-order chi connectivity index (χ1) is 12.1. The Labute approximate surface area is 158 Å². The monoisotopic (exact) mass is 378 g/mol. The minimum Gasteiger partial charge on any atom is -0.344 e. The number of nitrogens with zero attached hydrogens (tertiary/aromatic N) is 3. The Morgan fingerprint density at radius 1 is 1.35 bits per heavy atom. The van der Waals surface area contributed by atoms with Gasteiger partial charge in [0.25, 0.3) is 5.91 Å². The van der Waals surface area contributed by atoms with Crippen molar-refractivity contribution in [3.05, 3.63) is 47.0 Å². The Morgan fingerprint density at radius 3 is 2.96 bits per heavy atom. The fraction of sp³-hybridized carbons (Fsp3) is 0.412. The summed E-state index contributed by atoms with van der Waals surface area (Å²) >= 11 is 0. The molecule has 26 heavy (non-hydrogen) atoms. The van der Waals surface area contributed by atoms with Gasteiger partial charge in [-0.15, -0.1) is 12.4 Å². The van der Waals surface area contributed by atoms with Crippen LogP contribution in [0, 0.1) is 0 Å². The summed E-state index contributed by atoms with van der Waals surface area (Å²) in [5.41, 5.74) is 3.18. The van der Waals surface area contributed by atoms with Crippen LogP contribution in [0.4, 0.5) is 0 Å². The molecule has 3 rings (SSSR count). The van der Waals surface area contributed by atoms with Gasteiger partial charge in [0.2, 0.25) is 5.91 Å². The van der Waals surface area contributed by atoms with Crippen LogP contribution >= 0.6 is 12.4 Å². The third-order valence-electron chi connectivity index (χ3n) is 4.28. The number of halogens is 1. The fourth-order valence-corrected chi connectivity index (χ4v) is 2.74. The maximum Gasteiger partial charge on any atom is 0.272 e. The molecule has 0 radical (unpaired) electrons. The molecule has 8 nitrogen and oxygen atoms in total. The van der Waals surface area contributed by atoms with Crippen LogP contribution in [-0.2, 0) is 24.2 Å². The smallest absolute Gasteiger partial charge is 0.272 e. The van der Waals surface area contributed by atoms with Crippen molar-refractivity contribution < 1.29 is 9.59 Å². The van der Waals surface area contributed by atoms with Gasteiger partial charge in [0.15, 0.2) is 5.69 Å². The van der Waals surface area contributed by atoms with E-state index in [-0.39, 0.29) is 30.8 Å². The number of nitrogens with one attached hydrogen (secondary N) is 3. The van der Waals surface area contributed by atoms with Crippen molar-refractivity contribution in [1.29, 1.82) is 0 Å². The lowest BCUT2D eigenvalue weighted by atomic mass is 10.1. The van der Waals surface area contributed by atoms with Gasteiger partial charge >= 0.3 is 0 Å². The lowest BCUT2D eigenvalue weighted by Crippen LogP contribution is -2.39. The normalized spacial score (nSPS) is 12.7. The number of rotatable bonds is 6. The van der Waals surface area contributed by atoms with Crippen molar-refractivity contribution in [2.24, 2.45) is 0 Å². The van der Waals surface area contributed by atoms with Crippen LogP contribution in [-0.4, -0.2) is 58.6 Å². The number of amides is 2. The predicted molar refractivity (Wildman–Crippen MR) is 99.2 cm³/mol. The van der Waals surface area contributed by atoms with Gasteiger partial charge in [-0.3, -0.25) is 19.7 Å². The van der Waals surface area contributed by atoms with Gasteiger partial charge in [0, 0.05) is 62.7 Å². The first-order valence-corrected chi connectivity index (χ1v) is 8.34. The van der Waals surface area contributed by atoms with E-state index in [0.717, 1.165) is 29.9 Å². The van der Waals surface area contributed by atoms with Crippen molar-refractivity contribution in [3.8, 4) is 0 Å². The number of aromatic amines is 1. The molecule has 0 saturated heterocycles. The predicted octanol–water partition coefficient (Wildman–Crippen LogP) is 0.303. The van der Waals surface area contributed by atoms with Crippen molar-refractivity contribution >= 4 is 24.2 Å². The first kappa shape index (κ1) is 19.9. The molecule has 0 aliphatic carbocycles. The molecule has 1 aliphatic rings. The van der Waals surface area contributed by atoms with Crippen molar-refractivity contribution in [2.45, 2.75) is 19.4 Å². The largest absolute Gasteiger partial charge is 0.344 e. The average Bonchev–Trinajstić information content (AvgIpc) is 3.09. The number of hydrogen-bond acceptors (Lipinski definition) is 5. The van der Waals surface area contributed by atoms with E-state index in [4.69, 9.17) is 0 Å². The number of fused-ring (bicyclic) bond motifs is 1. The SMILES string of the molecule is CN(CCc1ccccn1)C(=O)CNC(=O)c1n[nH]c2c1CNCC2.Cl. The number of H-pyrrole nitrogens is 1. The van der Waals surface area contributed by atoms with Gasteiger partial charge in [-0.2, -0.15) is 5.10 Å². The third kappa shape index (κ3) is 4.80. The topological polar surface area (TPSA) is 103 Å². The highest BCUT2D eigenvalue weighted by Crippen LogP contribution is 2.14. The molecule has 0 spiro atoms. The van der Waals surface area contributed by atoms with Crippen molar-refractivity contribution in [2.75, 3.05) is 26.7 Å². The Morgan fingerprint density at radius 2 is 2.19 bits per heavy atom. The Balaban J connectivity index is 0.00000243. The van der Waals surface area contributed by atoms with E-state index in [0.29, 0.717) is 25.2 Å². The second kappa shape index (κ2) is 9.30. The Bertz CT molecular complexity index is 749. The van der Waals surface area contributed by atoms with Gasteiger partial charge in [-0.25, -0.2) is 0 Å². The van der Waals surface area contributed by atoms with Crippen LogP contribution in [0.3, 0.4) is 0 Å². The summed E-state index contributed by atoms with van der Waals surface area (Å²) in [6, 6.07) is 5.70. The summed E-state index contributed by atoms with van der Waals surface area (Å²) < 4.78 is 0. The van der Waals surface area contributed by atoms with Gasteiger partial charge in [-0.1, -0.05) is 6.07 Å². The summed E-state index contributed by atoms with van der Waals surface area (Å²) in [4.78, 5) is 30.3. The molecule has 3 N–H and O–H groups in total. The van der Waals surface area contributed by atoms with Crippen LogP contribution in [0.1, 0.15) is 27.4 Å². The van der Waals surface area contributed by atoms with Crippen molar-refractivity contribution in [3.63, 3.8) is 0 Å². The minimum atomic E-state index is -0.326. The van der Waals surface area contributed by atoms with E-state index >= 15 is 0 Å². The summed E-state index contributed by atoms with van der Waals surface area (Å²) in [5.74, 6) is -0.473. The van der Waals surface area contributed by atoms with Crippen LogP contribution in [0.15, 0.2) is 24.4 Å². The van der Waals surface area contributed by atoms with E-state index in [1.54, 1.807) is 18.1 Å². The van der Waals surface area contributed by atoms with Crippen molar-refractivity contribution in [1.82, 2.24) is 30.7 Å². The molecule has 0 unspecified atom stereocenters. The molecule has 0 saturated carbocycles. The zero-order valence-electron chi connectivity index (χ0n) is 14.6. The van der Waals surface area contributed by atoms with Gasteiger partial charge in [0.05, 0.1) is 6.54 Å². The van der Waals surface area contributed by atoms with Crippen LogP contribution in [0.2, 0.25) is 0 Å². The number of likely N-dealkylation sites (N-methyl/N-ethyl adjacent to an activating group) is 1. The van der Waals surface area contributed by atoms with E-state index in [2.05, 4.69) is 25.8 Å². The molecular formula is C17H23ClN6O2. The second-order valence-electron chi connectivity index (χ2n) is 6.03. The fourth-order valence-electron chi connectivity index (χ4n) is 2.74. The molecule has 2 amide bonds. The van der Waals surface area contributed by atoms with Crippen LogP contribution < -0.4 is 10.6 Å². The minimum absolute atomic E-state index is 0. The molecule has 2 aromatic heterocycles. The second-order valence-corrected chi connectivity index (χ2v) is 6.03. The van der Waals surface area contributed by atoms with E-state index in [1.807, 2.05) is 18.2 Å². The highest BCUT2D eigenvalue weighted by atomic mass is 35.5. The highest BCUT2D eigenvalue weighted by molar-refractivity contribution is 5.96. The maximum absolute atomic E-state index is 12.3. The molecule has 3 heterocycles. The molecule has 0 aromatic carbocycles. The van der Waals surface area contributed by atoms with Crippen LogP contribution in [0.5, 0.6) is 0 Å². The maximum atomic E-state index is 12.3. The van der Waals surface area contributed by atoms with E-state index in [1.165, 1.54) is 0 Å². The number of hydrogen-bond donors (Lipinski definition) is 3. The molecule has 0 bridgehead atoms. The quantitative estimate of drug-likeness (QED) is 0.671. The lowest BCUT2D eigenvalue weighted by molar-refractivity contribution is -0.128. The number of carbonyl (C=O) groups excluding carboxylic acids is 2. The number of carbonyl (C=O) groups is 2. The van der Waals surface area contributed by atoms with Gasteiger partial charge < -0.3 is 15.5 Å². The summed E-state index contributed by atoms with van der Waals surface area (Å²) in [7, 11) is 1.72. The summed E-state index contributed by atoms with van der Waals surface area (Å²) in [6.45, 7) is 1.99. The standard InChI is InChI=1S/C17H22N6O2.ClH/c1-23(9-6-12-4-2-3-7-19-12)15(24)11-20-17(25)16-13-10-18-8-5-14(13)21-22-16;/h2-4,7,18H,5-6,8-11H2,1H3,(H,20,25)(H,21,22);1H. The molecular weight excluding hydrogens is 356 g/mol. The Kier molecular flexibility index (Phi) is 7.11. The Hall–Kier alpha value is -2.45. The molecule has 0 atom stereocenters. The molecule has 2 aromatic rings. The third-order valence-corrected chi connectivity index (χ3v) is 4.28. The molecule has 1 aliphatic heterocycles. The van der Waals surface area contributed by atoms with Gasteiger partial charge in [-0.05, 0) is 12.1 Å². The summed E-state index contributed by atoms with van der Waals surface area (Å²) in [5, 5.41) is 12.9. The number of pyridine rings is 1. The average molecular weight is 379 g/mol. The zero-order chi connectivity index (χ0) is 17.6. The first-order valence-electron chi connectivity index (χ1n) is 8.34. The number of aromatic nitrogens is 3. The molecule has 9 heteroatoms. The highest BCUT2D eigenvalue weighted by Gasteiger charge is 2.22. The van der Waals surface area contributed by atoms with E-state index < -0.39 is 0 Å². The summed E-state index contributed by atoms with van der Waals surface area (Å²) in [6.07, 6.45) is 3.23. The van der Waals surface area contributed by atoms with Crippen LogP contribution in [0.25, 0.3) is 0 Å². The zero-order valence-corrected chi connectivity index (χ0v) is 15.4. The molecule has 140 valence electrons. The lowest BCUT2D eigenvalue weighted by Gasteiger charge is -2.17.